The van der Waals surface area contributed by atoms with Crippen molar-refractivity contribution in [1.29, 1.82) is 0 Å². The molecule has 0 amide bonds. The van der Waals surface area contributed by atoms with Crippen LogP contribution in [0.5, 0.6) is 0 Å². The number of nitrogens with zero attached hydrogens (tertiary/aromatic N) is 4. The highest BCUT2D eigenvalue weighted by Gasteiger charge is 2.14. The third-order valence-corrected chi connectivity index (χ3v) is 3.61. The van der Waals surface area contributed by atoms with Crippen molar-refractivity contribution in [2.45, 2.75) is 40.0 Å². The summed E-state index contributed by atoms with van der Waals surface area (Å²) < 4.78 is 1.79. The van der Waals surface area contributed by atoms with Crippen LogP contribution >= 0.6 is 0 Å². The minimum absolute atomic E-state index is 0.795. The van der Waals surface area contributed by atoms with Crippen LogP contribution in [0.15, 0.2) is 12.4 Å². The third-order valence-electron chi connectivity index (χ3n) is 3.61. The van der Waals surface area contributed by atoms with Gasteiger partial charge in [0, 0.05) is 24.6 Å². The van der Waals surface area contributed by atoms with E-state index in [-0.39, 0.29) is 0 Å². The van der Waals surface area contributed by atoms with E-state index in [0.29, 0.717) is 0 Å². The number of hydrogen-bond acceptors (Lipinski definition) is 4. The van der Waals surface area contributed by atoms with E-state index in [4.69, 9.17) is 9.97 Å². The molecule has 2 aromatic heterocycles. The van der Waals surface area contributed by atoms with Crippen molar-refractivity contribution in [3.63, 3.8) is 0 Å². The van der Waals surface area contributed by atoms with Gasteiger partial charge in [-0.05, 0) is 37.9 Å². The number of aryl methyl sites for hydroxylation is 3. The van der Waals surface area contributed by atoms with Gasteiger partial charge in [0.25, 0.3) is 0 Å². The molecule has 2 aromatic rings. The fourth-order valence-corrected chi connectivity index (χ4v) is 2.51. The SMILES string of the molecule is CCNCCc1c(CC)nc(-c2cnn(C)c2)nc1CC. The van der Waals surface area contributed by atoms with Gasteiger partial charge in [0.15, 0.2) is 5.82 Å². The predicted octanol–water partition coefficient (Wildman–Crippen LogP) is 2.15. The maximum absolute atomic E-state index is 4.77. The molecule has 5 nitrogen and oxygen atoms in total. The number of hydrogen-bond donors (Lipinski definition) is 1. The van der Waals surface area contributed by atoms with Crippen LogP contribution in [-0.4, -0.2) is 32.8 Å². The molecule has 0 saturated carbocycles. The van der Waals surface area contributed by atoms with E-state index in [2.05, 4.69) is 31.2 Å². The zero-order valence-electron chi connectivity index (χ0n) is 13.5. The predicted molar refractivity (Wildman–Crippen MR) is 85.2 cm³/mol. The summed E-state index contributed by atoms with van der Waals surface area (Å²) in [7, 11) is 1.91. The maximum atomic E-state index is 4.77. The van der Waals surface area contributed by atoms with Crippen LogP contribution in [0.2, 0.25) is 0 Å². The van der Waals surface area contributed by atoms with Gasteiger partial charge in [0.1, 0.15) is 0 Å². The number of aromatic nitrogens is 4. The Balaban J connectivity index is 2.38. The van der Waals surface area contributed by atoms with Crippen LogP contribution in [0.4, 0.5) is 0 Å². The molecule has 0 spiro atoms. The van der Waals surface area contributed by atoms with E-state index in [1.165, 1.54) is 17.0 Å². The maximum Gasteiger partial charge on any atom is 0.162 e. The second kappa shape index (κ2) is 7.31. The molecule has 114 valence electrons. The minimum atomic E-state index is 0.795. The van der Waals surface area contributed by atoms with Crippen molar-refractivity contribution >= 4 is 0 Å². The van der Waals surface area contributed by atoms with Gasteiger partial charge < -0.3 is 5.32 Å². The normalized spacial score (nSPS) is 11.0. The number of nitrogens with one attached hydrogen (secondary N) is 1. The smallest absolute Gasteiger partial charge is 0.162 e. The molecule has 1 N–H and O–H groups in total. The number of likely N-dealkylation sites (N-methyl/N-ethyl adjacent to an activating group) is 1. The first-order valence-electron chi connectivity index (χ1n) is 7.77. The standard InChI is InChI=1S/C16H25N5/c1-5-14-13(8-9-17-7-3)15(6-2)20-16(19-14)12-10-18-21(4)11-12/h10-11,17H,5-9H2,1-4H3. The molecule has 0 bridgehead atoms. The first kappa shape index (κ1) is 15.6. The van der Waals surface area contributed by atoms with Crippen molar-refractivity contribution in [3.8, 4) is 11.4 Å². The average molecular weight is 287 g/mol. The van der Waals surface area contributed by atoms with Gasteiger partial charge in [-0.25, -0.2) is 9.97 Å². The quantitative estimate of drug-likeness (QED) is 0.793. The van der Waals surface area contributed by atoms with Crippen LogP contribution in [0.3, 0.4) is 0 Å². The van der Waals surface area contributed by atoms with Crippen LogP contribution in [0.1, 0.15) is 37.7 Å². The lowest BCUT2D eigenvalue weighted by molar-refractivity contribution is 0.702. The topological polar surface area (TPSA) is 55.6 Å². The summed E-state index contributed by atoms with van der Waals surface area (Å²) in [4.78, 5) is 9.54. The molecule has 0 atom stereocenters. The van der Waals surface area contributed by atoms with Gasteiger partial charge in [-0.3, -0.25) is 4.68 Å². The Morgan fingerprint density at radius 3 is 2.24 bits per heavy atom. The highest BCUT2D eigenvalue weighted by atomic mass is 15.2. The lowest BCUT2D eigenvalue weighted by Gasteiger charge is -2.13. The van der Waals surface area contributed by atoms with Crippen molar-refractivity contribution in [2.75, 3.05) is 13.1 Å². The highest BCUT2D eigenvalue weighted by molar-refractivity contribution is 5.53. The molecule has 5 heteroatoms. The summed E-state index contributed by atoms with van der Waals surface area (Å²) >= 11 is 0. The van der Waals surface area contributed by atoms with E-state index in [1.807, 2.05) is 19.4 Å². The summed E-state index contributed by atoms with van der Waals surface area (Å²) in [6.07, 6.45) is 6.65. The molecule has 0 aliphatic heterocycles. The monoisotopic (exact) mass is 287 g/mol. The molecule has 0 aliphatic rings. The van der Waals surface area contributed by atoms with E-state index < -0.39 is 0 Å². The fourth-order valence-electron chi connectivity index (χ4n) is 2.51. The largest absolute Gasteiger partial charge is 0.317 e. The Morgan fingerprint density at radius 1 is 1.10 bits per heavy atom. The van der Waals surface area contributed by atoms with E-state index in [1.54, 1.807) is 4.68 Å². The van der Waals surface area contributed by atoms with Crippen LogP contribution < -0.4 is 5.32 Å². The summed E-state index contributed by atoms with van der Waals surface area (Å²) in [5.41, 5.74) is 4.63. The molecular formula is C16H25N5. The number of rotatable bonds is 7. The summed E-state index contributed by atoms with van der Waals surface area (Å²) in [5, 5.41) is 7.59. The van der Waals surface area contributed by atoms with Crippen molar-refractivity contribution in [2.24, 2.45) is 7.05 Å². The Bertz CT molecular complexity index is 563. The van der Waals surface area contributed by atoms with Crippen LogP contribution in [0, 0.1) is 0 Å². The minimum Gasteiger partial charge on any atom is -0.317 e. The van der Waals surface area contributed by atoms with Crippen molar-refractivity contribution < 1.29 is 0 Å². The van der Waals surface area contributed by atoms with Crippen LogP contribution in [0.25, 0.3) is 11.4 Å². The molecule has 0 radical (unpaired) electrons. The molecule has 0 saturated heterocycles. The second-order valence-electron chi connectivity index (χ2n) is 5.13. The molecule has 0 fully saturated rings. The van der Waals surface area contributed by atoms with E-state index in [9.17, 15) is 0 Å². The van der Waals surface area contributed by atoms with Gasteiger partial charge in [-0.1, -0.05) is 20.8 Å². The molecular weight excluding hydrogens is 262 g/mol. The zero-order valence-corrected chi connectivity index (χ0v) is 13.5. The molecule has 0 aliphatic carbocycles. The molecule has 2 rings (SSSR count). The molecule has 2 heterocycles. The van der Waals surface area contributed by atoms with Gasteiger partial charge >= 0.3 is 0 Å². The lowest BCUT2D eigenvalue weighted by Crippen LogP contribution is -2.18. The average Bonchev–Trinajstić information content (AvgIpc) is 2.93. The molecule has 0 aromatic carbocycles. The molecule has 0 unspecified atom stereocenters. The Morgan fingerprint density at radius 2 is 1.76 bits per heavy atom. The first-order valence-corrected chi connectivity index (χ1v) is 7.77. The second-order valence-corrected chi connectivity index (χ2v) is 5.13. The van der Waals surface area contributed by atoms with E-state index in [0.717, 1.165) is 43.7 Å². The Kier molecular flexibility index (Phi) is 5.44. The first-order chi connectivity index (χ1) is 10.2. The fraction of sp³-hybridized carbons (Fsp3) is 0.562. The lowest BCUT2D eigenvalue weighted by atomic mass is 10.0. The van der Waals surface area contributed by atoms with E-state index >= 15 is 0 Å². The van der Waals surface area contributed by atoms with Crippen molar-refractivity contribution in [3.05, 3.63) is 29.3 Å². The van der Waals surface area contributed by atoms with Crippen molar-refractivity contribution in [1.82, 2.24) is 25.1 Å². The van der Waals surface area contributed by atoms with Crippen LogP contribution in [-0.2, 0) is 26.3 Å². The van der Waals surface area contributed by atoms with Gasteiger partial charge in [0.05, 0.1) is 11.8 Å². The zero-order chi connectivity index (χ0) is 15.2. The summed E-state index contributed by atoms with van der Waals surface area (Å²) in [6, 6.07) is 0. The van der Waals surface area contributed by atoms with Gasteiger partial charge in [-0.15, -0.1) is 0 Å². The van der Waals surface area contributed by atoms with Gasteiger partial charge in [0.2, 0.25) is 0 Å². The molecule has 21 heavy (non-hydrogen) atoms. The Labute approximate surface area is 126 Å². The third kappa shape index (κ3) is 3.67. The Hall–Kier alpha value is -1.75. The highest BCUT2D eigenvalue weighted by Crippen LogP contribution is 2.20. The summed E-state index contributed by atoms with van der Waals surface area (Å²) in [6.45, 7) is 8.42. The summed E-state index contributed by atoms with van der Waals surface area (Å²) in [5.74, 6) is 0.795. The van der Waals surface area contributed by atoms with Gasteiger partial charge in [-0.2, -0.15) is 5.10 Å².